The van der Waals surface area contributed by atoms with Crippen molar-refractivity contribution in [2.45, 2.75) is 85.5 Å². The minimum atomic E-state index is -1.21. The third-order valence-corrected chi connectivity index (χ3v) is 6.30. The SMILES string of the molecule is CCC(C)N(C(=O)C(C)NC(=O)OC(C)(C)C)C(C(=O)Nc1c(C)cccc1Cl)c1cccc(C)c1O. The number of ether oxygens (including phenoxy) is 1. The number of carbonyl (C=O) groups excluding carboxylic acids is 3. The summed E-state index contributed by atoms with van der Waals surface area (Å²) in [5.41, 5.74) is 1.24. The van der Waals surface area contributed by atoms with Crippen LogP contribution < -0.4 is 10.6 Å². The van der Waals surface area contributed by atoms with Gasteiger partial charge in [-0.25, -0.2) is 4.79 Å². The van der Waals surface area contributed by atoms with Crippen molar-refractivity contribution in [2.75, 3.05) is 5.32 Å². The molecular weight excluding hydrogens is 494 g/mol. The molecule has 202 valence electrons. The number of carbonyl (C=O) groups is 3. The highest BCUT2D eigenvalue weighted by molar-refractivity contribution is 6.34. The van der Waals surface area contributed by atoms with E-state index in [0.29, 0.717) is 22.7 Å². The third kappa shape index (κ3) is 7.61. The normalized spacial score (nSPS) is 13.8. The molecule has 8 nitrogen and oxygen atoms in total. The minimum Gasteiger partial charge on any atom is -0.507 e. The van der Waals surface area contributed by atoms with Crippen molar-refractivity contribution in [1.82, 2.24) is 10.2 Å². The first-order chi connectivity index (χ1) is 17.2. The lowest BCUT2D eigenvalue weighted by Gasteiger charge is -2.38. The second-order valence-electron chi connectivity index (χ2n) is 10.2. The van der Waals surface area contributed by atoms with Crippen molar-refractivity contribution >= 4 is 35.2 Å². The molecule has 0 saturated heterocycles. The van der Waals surface area contributed by atoms with Gasteiger partial charge in [0.05, 0.1) is 10.7 Å². The second kappa shape index (κ2) is 12.3. The molecule has 3 amide bonds. The van der Waals surface area contributed by atoms with Gasteiger partial charge in [-0.3, -0.25) is 9.59 Å². The van der Waals surface area contributed by atoms with E-state index < -0.39 is 41.6 Å². The first kappa shape index (κ1) is 30.0. The minimum absolute atomic E-state index is 0.0904. The number of rotatable bonds is 8. The van der Waals surface area contributed by atoms with E-state index in [1.807, 2.05) is 26.8 Å². The van der Waals surface area contributed by atoms with E-state index in [2.05, 4.69) is 10.6 Å². The number of para-hydroxylation sites is 2. The summed E-state index contributed by atoms with van der Waals surface area (Å²) < 4.78 is 5.30. The van der Waals surface area contributed by atoms with Gasteiger partial charge >= 0.3 is 6.09 Å². The van der Waals surface area contributed by atoms with Crippen LogP contribution in [0.2, 0.25) is 5.02 Å². The molecule has 0 heterocycles. The van der Waals surface area contributed by atoms with E-state index in [4.69, 9.17) is 16.3 Å². The number of phenolic OH excluding ortho intramolecular Hbond substituents is 1. The van der Waals surface area contributed by atoms with E-state index >= 15 is 0 Å². The van der Waals surface area contributed by atoms with Gasteiger partial charge in [-0.05, 0) is 72.1 Å². The molecule has 0 aliphatic rings. The van der Waals surface area contributed by atoms with Crippen LogP contribution in [0, 0.1) is 13.8 Å². The van der Waals surface area contributed by atoms with Crippen LogP contribution >= 0.6 is 11.6 Å². The fourth-order valence-corrected chi connectivity index (χ4v) is 4.14. The summed E-state index contributed by atoms with van der Waals surface area (Å²) in [4.78, 5) is 41.5. The van der Waals surface area contributed by atoms with E-state index in [-0.39, 0.29) is 11.3 Å². The highest BCUT2D eigenvalue weighted by atomic mass is 35.5. The Bertz CT molecular complexity index is 1120. The van der Waals surface area contributed by atoms with Crippen LogP contribution in [-0.2, 0) is 14.3 Å². The van der Waals surface area contributed by atoms with Crippen LogP contribution in [0.15, 0.2) is 36.4 Å². The van der Waals surface area contributed by atoms with Gasteiger partial charge in [0.1, 0.15) is 23.4 Å². The van der Waals surface area contributed by atoms with Gasteiger partial charge < -0.3 is 25.4 Å². The zero-order valence-electron chi connectivity index (χ0n) is 22.8. The maximum Gasteiger partial charge on any atom is 0.408 e. The van der Waals surface area contributed by atoms with Crippen LogP contribution in [0.4, 0.5) is 10.5 Å². The summed E-state index contributed by atoms with van der Waals surface area (Å²) in [5.74, 6) is -1.14. The van der Waals surface area contributed by atoms with Crippen LogP contribution in [-0.4, -0.2) is 45.6 Å². The van der Waals surface area contributed by atoms with E-state index in [9.17, 15) is 19.5 Å². The first-order valence-electron chi connectivity index (χ1n) is 12.3. The standard InChI is InChI=1S/C28H38ClN3O5/c1-9-18(4)32(26(35)19(5)30-27(36)37-28(6,7)8)23(20-14-10-13-17(3)24(20)33)25(34)31-22-16(2)12-11-15-21(22)29/h10-15,18-19,23,33H,9H2,1-8H3,(H,30,36)(H,31,34). The van der Waals surface area contributed by atoms with Crippen molar-refractivity contribution in [3.63, 3.8) is 0 Å². The zero-order valence-corrected chi connectivity index (χ0v) is 23.6. The van der Waals surface area contributed by atoms with E-state index in [1.54, 1.807) is 58.0 Å². The lowest BCUT2D eigenvalue weighted by Crippen LogP contribution is -2.53. The average molecular weight is 532 g/mol. The molecule has 0 fully saturated rings. The molecule has 2 rings (SSSR count). The number of hydrogen-bond donors (Lipinski definition) is 3. The average Bonchev–Trinajstić information content (AvgIpc) is 2.79. The number of anilines is 1. The number of hydrogen-bond acceptors (Lipinski definition) is 5. The lowest BCUT2D eigenvalue weighted by molar-refractivity contribution is -0.143. The van der Waals surface area contributed by atoms with Crippen LogP contribution in [0.5, 0.6) is 5.75 Å². The Kier molecular flexibility index (Phi) is 9.98. The molecule has 0 radical (unpaired) electrons. The van der Waals surface area contributed by atoms with Crippen LogP contribution in [0.1, 0.15) is 70.7 Å². The van der Waals surface area contributed by atoms with Crippen molar-refractivity contribution in [3.05, 3.63) is 58.1 Å². The zero-order chi connectivity index (χ0) is 28.1. The molecule has 0 aliphatic carbocycles. The van der Waals surface area contributed by atoms with E-state index in [1.165, 1.54) is 11.8 Å². The van der Waals surface area contributed by atoms with Crippen LogP contribution in [0.3, 0.4) is 0 Å². The van der Waals surface area contributed by atoms with Gasteiger partial charge in [-0.15, -0.1) is 0 Å². The van der Waals surface area contributed by atoms with Crippen molar-refractivity contribution in [3.8, 4) is 5.75 Å². The summed E-state index contributed by atoms with van der Waals surface area (Å²) in [6.45, 7) is 13.9. The van der Waals surface area contributed by atoms with Crippen molar-refractivity contribution in [1.29, 1.82) is 0 Å². The molecule has 0 aromatic heterocycles. The molecule has 3 unspecified atom stereocenters. The first-order valence-corrected chi connectivity index (χ1v) is 12.7. The molecule has 0 bridgehead atoms. The molecule has 2 aromatic carbocycles. The highest BCUT2D eigenvalue weighted by Crippen LogP contribution is 2.35. The Morgan fingerprint density at radius 2 is 1.65 bits per heavy atom. The quantitative estimate of drug-likeness (QED) is 0.394. The lowest BCUT2D eigenvalue weighted by atomic mass is 9.97. The van der Waals surface area contributed by atoms with Gasteiger partial charge in [0.15, 0.2) is 0 Å². The molecule has 2 aromatic rings. The Labute approximate surface area is 224 Å². The molecular formula is C28H38ClN3O5. The van der Waals surface area contributed by atoms with Gasteiger partial charge in [-0.1, -0.05) is 48.9 Å². The fourth-order valence-electron chi connectivity index (χ4n) is 3.87. The summed E-state index contributed by atoms with van der Waals surface area (Å²) in [6.07, 6.45) is -0.227. The summed E-state index contributed by atoms with van der Waals surface area (Å²) in [5, 5.41) is 16.7. The Balaban J connectivity index is 2.57. The Hall–Kier alpha value is -3.26. The monoisotopic (exact) mass is 531 g/mol. The number of halogens is 1. The largest absolute Gasteiger partial charge is 0.507 e. The van der Waals surface area contributed by atoms with Crippen molar-refractivity contribution in [2.24, 2.45) is 0 Å². The third-order valence-electron chi connectivity index (χ3n) is 5.98. The Morgan fingerprint density at radius 1 is 1.05 bits per heavy atom. The predicted octanol–water partition coefficient (Wildman–Crippen LogP) is 5.88. The van der Waals surface area contributed by atoms with Gasteiger partial charge in [0.25, 0.3) is 5.91 Å². The number of nitrogens with zero attached hydrogens (tertiary/aromatic N) is 1. The molecule has 0 saturated carbocycles. The molecule has 37 heavy (non-hydrogen) atoms. The van der Waals surface area contributed by atoms with Gasteiger partial charge in [0.2, 0.25) is 5.91 Å². The maximum atomic E-state index is 13.9. The van der Waals surface area contributed by atoms with Crippen LogP contribution in [0.25, 0.3) is 0 Å². The number of aryl methyl sites for hydroxylation is 2. The summed E-state index contributed by atoms with van der Waals surface area (Å²) in [6, 6.07) is 7.66. The number of nitrogens with one attached hydrogen (secondary N) is 2. The number of phenols is 1. The molecule has 9 heteroatoms. The summed E-state index contributed by atoms with van der Waals surface area (Å²) in [7, 11) is 0. The topological polar surface area (TPSA) is 108 Å². The van der Waals surface area contributed by atoms with Gasteiger partial charge in [0, 0.05) is 11.6 Å². The second-order valence-corrected chi connectivity index (χ2v) is 10.6. The maximum absolute atomic E-state index is 13.9. The van der Waals surface area contributed by atoms with Crippen molar-refractivity contribution < 1.29 is 24.2 Å². The molecule has 3 N–H and O–H groups in total. The van der Waals surface area contributed by atoms with E-state index in [0.717, 1.165) is 5.56 Å². The number of benzene rings is 2. The fraction of sp³-hybridized carbons (Fsp3) is 0.464. The highest BCUT2D eigenvalue weighted by Gasteiger charge is 2.38. The number of aromatic hydroxyl groups is 1. The Morgan fingerprint density at radius 3 is 2.22 bits per heavy atom. The molecule has 0 aliphatic heterocycles. The van der Waals surface area contributed by atoms with Gasteiger partial charge in [-0.2, -0.15) is 0 Å². The molecule has 3 atom stereocenters. The summed E-state index contributed by atoms with van der Waals surface area (Å²) >= 11 is 6.37. The number of amides is 3. The number of alkyl carbamates (subject to hydrolysis) is 1. The molecule has 0 spiro atoms. The smallest absolute Gasteiger partial charge is 0.408 e. The predicted molar refractivity (Wildman–Crippen MR) is 146 cm³/mol.